The Hall–Kier alpha value is -1.60. The van der Waals surface area contributed by atoms with E-state index in [0.29, 0.717) is 30.1 Å². The van der Waals surface area contributed by atoms with E-state index in [1.807, 2.05) is 18.0 Å². The summed E-state index contributed by atoms with van der Waals surface area (Å²) < 4.78 is 10.7. The number of carbonyl (C=O) groups is 1. The van der Waals surface area contributed by atoms with Gasteiger partial charge in [-0.2, -0.15) is 0 Å². The Kier molecular flexibility index (Phi) is 4.83. The van der Waals surface area contributed by atoms with Crippen LogP contribution in [0, 0.1) is 5.41 Å². The summed E-state index contributed by atoms with van der Waals surface area (Å²) in [4.78, 5) is 23.1. The number of rotatable bonds is 4. The Balaban J connectivity index is 1.08. The third-order valence-electron chi connectivity index (χ3n) is 7.47. The molecule has 3 aliphatic heterocycles. The fraction of sp³-hybridized carbons (Fsp3) is 0.810. The summed E-state index contributed by atoms with van der Waals surface area (Å²) in [7, 11) is 0. The van der Waals surface area contributed by atoms with Crippen LogP contribution in [0.15, 0.2) is 17.0 Å². The number of nitrogens with zero attached hydrogens (tertiary/aromatic N) is 4. The molecule has 7 heteroatoms. The molecule has 1 amide bonds. The highest BCUT2D eigenvalue weighted by Crippen LogP contribution is 2.51. The van der Waals surface area contributed by atoms with Crippen LogP contribution in [-0.2, 0) is 4.74 Å². The smallest absolute Gasteiger partial charge is 0.409 e. The summed E-state index contributed by atoms with van der Waals surface area (Å²) in [5, 5.41) is 0. The van der Waals surface area contributed by atoms with E-state index in [2.05, 4.69) is 14.8 Å². The lowest BCUT2D eigenvalue weighted by Crippen LogP contribution is -2.68. The van der Waals surface area contributed by atoms with Crippen LogP contribution in [0.25, 0.3) is 0 Å². The normalized spacial score (nSPS) is 29.0. The quantitative estimate of drug-likeness (QED) is 0.790. The molecule has 1 aliphatic carbocycles. The third-order valence-corrected chi connectivity index (χ3v) is 7.47. The second kappa shape index (κ2) is 7.34. The van der Waals surface area contributed by atoms with Gasteiger partial charge in [0.1, 0.15) is 5.76 Å². The van der Waals surface area contributed by atoms with E-state index in [4.69, 9.17) is 9.15 Å². The molecule has 1 aromatic heterocycles. The largest absolute Gasteiger partial charge is 0.450 e. The highest BCUT2D eigenvalue weighted by molar-refractivity contribution is 5.69. The Morgan fingerprint density at radius 1 is 1.21 bits per heavy atom. The molecule has 0 N–H and O–H groups in total. The molecule has 1 saturated carbocycles. The van der Waals surface area contributed by atoms with Crippen LogP contribution >= 0.6 is 0 Å². The fourth-order valence-corrected chi connectivity index (χ4v) is 6.07. The molecule has 4 heterocycles. The summed E-state index contributed by atoms with van der Waals surface area (Å²) in [6.07, 6.45) is 10.8. The average molecular weight is 389 g/mol. The van der Waals surface area contributed by atoms with Crippen LogP contribution in [-0.4, -0.2) is 77.2 Å². The summed E-state index contributed by atoms with van der Waals surface area (Å²) in [6, 6.07) is 1.81. The monoisotopic (exact) mass is 388 g/mol. The molecule has 28 heavy (non-hydrogen) atoms. The summed E-state index contributed by atoms with van der Waals surface area (Å²) in [5.41, 5.74) is 0.389. The van der Waals surface area contributed by atoms with Crippen LogP contribution in [0.3, 0.4) is 0 Å². The van der Waals surface area contributed by atoms with Crippen molar-refractivity contribution in [2.75, 3.05) is 39.3 Å². The number of likely N-dealkylation sites (tertiary alicyclic amines) is 3. The van der Waals surface area contributed by atoms with Crippen LogP contribution in [0.2, 0.25) is 0 Å². The number of ether oxygens (including phenoxy) is 1. The molecule has 154 valence electrons. The van der Waals surface area contributed by atoms with Crippen molar-refractivity contribution in [2.24, 2.45) is 5.41 Å². The van der Waals surface area contributed by atoms with Gasteiger partial charge in [0.2, 0.25) is 0 Å². The molecule has 4 aliphatic rings. The van der Waals surface area contributed by atoms with Crippen LogP contribution in [0.1, 0.15) is 57.3 Å². The van der Waals surface area contributed by atoms with Crippen molar-refractivity contribution in [3.63, 3.8) is 0 Å². The minimum Gasteiger partial charge on any atom is -0.450 e. The maximum Gasteiger partial charge on any atom is 0.409 e. The number of hydrogen-bond acceptors (Lipinski definition) is 6. The number of piperidine rings is 1. The zero-order valence-electron chi connectivity index (χ0n) is 16.9. The highest BCUT2D eigenvalue weighted by atomic mass is 16.6. The van der Waals surface area contributed by atoms with Gasteiger partial charge in [-0.15, -0.1) is 0 Å². The van der Waals surface area contributed by atoms with Crippen LogP contribution < -0.4 is 0 Å². The molecule has 0 bridgehead atoms. The first-order chi connectivity index (χ1) is 13.7. The molecule has 4 fully saturated rings. The SMILES string of the molecule is CCOC(=O)N1CC2(CC(N3CCC(N4CCCC4c4cnco4)CC3)C2)C1. The molecule has 7 nitrogen and oxygen atoms in total. The lowest BCUT2D eigenvalue weighted by Gasteiger charge is -2.61. The molecule has 0 aromatic carbocycles. The van der Waals surface area contributed by atoms with E-state index in [9.17, 15) is 4.79 Å². The Morgan fingerprint density at radius 3 is 2.68 bits per heavy atom. The van der Waals surface area contributed by atoms with Gasteiger partial charge in [0.15, 0.2) is 6.39 Å². The van der Waals surface area contributed by atoms with Crippen LogP contribution in [0.4, 0.5) is 4.79 Å². The molecule has 1 atom stereocenters. The Labute approximate surface area is 167 Å². The molecule has 1 aromatic rings. The minimum atomic E-state index is -0.135. The number of oxazole rings is 1. The van der Waals surface area contributed by atoms with Crippen molar-refractivity contribution in [1.29, 1.82) is 0 Å². The van der Waals surface area contributed by atoms with E-state index in [1.165, 1.54) is 58.2 Å². The predicted molar refractivity (Wildman–Crippen MR) is 104 cm³/mol. The van der Waals surface area contributed by atoms with Gasteiger partial charge in [-0.05, 0) is 65.1 Å². The minimum absolute atomic E-state index is 0.135. The van der Waals surface area contributed by atoms with Gasteiger partial charge in [0.25, 0.3) is 0 Å². The summed E-state index contributed by atoms with van der Waals surface area (Å²) >= 11 is 0. The zero-order chi connectivity index (χ0) is 19.1. The van der Waals surface area contributed by atoms with Crippen molar-refractivity contribution in [2.45, 2.75) is 63.6 Å². The number of amides is 1. The zero-order valence-corrected chi connectivity index (χ0v) is 16.9. The average Bonchev–Trinajstić information content (AvgIpc) is 3.31. The first-order valence-corrected chi connectivity index (χ1v) is 11.0. The van der Waals surface area contributed by atoms with Gasteiger partial charge in [-0.1, -0.05) is 0 Å². The van der Waals surface area contributed by atoms with Crippen molar-refractivity contribution >= 4 is 6.09 Å². The van der Waals surface area contributed by atoms with Gasteiger partial charge in [-0.25, -0.2) is 9.78 Å². The maximum absolute atomic E-state index is 11.8. The molecule has 5 rings (SSSR count). The predicted octanol–water partition coefficient (Wildman–Crippen LogP) is 2.90. The maximum atomic E-state index is 11.8. The second-order valence-electron chi connectivity index (χ2n) is 9.18. The van der Waals surface area contributed by atoms with Gasteiger partial charge >= 0.3 is 6.09 Å². The lowest BCUT2D eigenvalue weighted by atomic mass is 9.60. The molecular weight excluding hydrogens is 356 g/mol. The Morgan fingerprint density at radius 2 is 2.00 bits per heavy atom. The Bertz CT molecular complexity index is 672. The van der Waals surface area contributed by atoms with Crippen LogP contribution in [0.5, 0.6) is 0 Å². The summed E-state index contributed by atoms with van der Waals surface area (Å²) in [5.74, 6) is 1.04. The fourth-order valence-electron chi connectivity index (χ4n) is 6.07. The molecule has 0 radical (unpaired) electrons. The van der Waals surface area contributed by atoms with Gasteiger partial charge in [0, 0.05) is 30.6 Å². The first-order valence-electron chi connectivity index (χ1n) is 11.0. The van der Waals surface area contributed by atoms with E-state index in [0.717, 1.165) is 18.8 Å². The molecular formula is C21H32N4O3. The van der Waals surface area contributed by atoms with Crippen molar-refractivity contribution in [1.82, 2.24) is 19.7 Å². The van der Waals surface area contributed by atoms with E-state index in [-0.39, 0.29) is 6.09 Å². The van der Waals surface area contributed by atoms with Crippen molar-refractivity contribution < 1.29 is 13.9 Å². The standard InChI is InChI=1S/C21H32N4O3/c1-2-27-20(26)24-13-21(14-24)10-17(11-21)23-8-5-16(6-9-23)25-7-3-4-18(25)19-12-22-15-28-19/h12,15-18H,2-11,13-14H2,1H3. The van der Waals surface area contributed by atoms with Gasteiger partial charge in [-0.3, -0.25) is 4.90 Å². The molecule has 1 unspecified atom stereocenters. The number of aromatic nitrogens is 1. The number of carbonyl (C=O) groups excluding carboxylic acids is 1. The lowest BCUT2D eigenvalue weighted by molar-refractivity contribution is -0.105. The number of hydrogen-bond donors (Lipinski definition) is 0. The highest BCUT2D eigenvalue weighted by Gasteiger charge is 2.55. The molecule has 3 saturated heterocycles. The van der Waals surface area contributed by atoms with Crippen molar-refractivity contribution in [3.05, 3.63) is 18.4 Å². The van der Waals surface area contributed by atoms with Gasteiger partial charge < -0.3 is 19.0 Å². The first kappa shape index (κ1) is 18.4. The van der Waals surface area contributed by atoms with E-state index < -0.39 is 0 Å². The second-order valence-corrected chi connectivity index (χ2v) is 9.18. The summed E-state index contributed by atoms with van der Waals surface area (Å²) in [6.45, 7) is 7.71. The van der Waals surface area contributed by atoms with E-state index >= 15 is 0 Å². The van der Waals surface area contributed by atoms with Gasteiger partial charge in [0.05, 0.1) is 18.8 Å². The topological polar surface area (TPSA) is 62.1 Å². The third kappa shape index (κ3) is 3.22. The van der Waals surface area contributed by atoms with Crippen molar-refractivity contribution in [3.8, 4) is 0 Å². The van der Waals surface area contributed by atoms with E-state index in [1.54, 1.807) is 6.39 Å². The molecule has 1 spiro atoms.